The van der Waals surface area contributed by atoms with Gasteiger partial charge in [-0.2, -0.15) is 0 Å². The summed E-state index contributed by atoms with van der Waals surface area (Å²) in [4.78, 5) is 10.3. The molecule has 0 radical (unpaired) electrons. The normalized spacial score (nSPS) is 12.5. The van der Waals surface area contributed by atoms with E-state index in [4.69, 9.17) is 5.11 Å². The summed E-state index contributed by atoms with van der Waals surface area (Å²) in [5.74, 6) is -0.264. The molecule has 0 spiro atoms. The third kappa shape index (κ3) is 4.59. The van der Waals surface area contributed by atoms with Crippen LogP contribution in [-0.2, 0) is 4.79 Å². The molecule has 1 N–H and O–H groups in total. The van der Waals surface area contributed by atoms with Crippen molar-refractivity contribution in [2.45, 2.75) is 33.1 Å². The molecule has 0 fully saturated rings. The molecule has 2 nitrogen and oxygen atoms in total. The highest BCUT2D eigenvalue weighted by molar-refractivity contribution is 5.85. The van der Waals surface area contributed by atoms with Crippen molar-refractivity contribution in [3.8, 4) is 0 Å². The van der Waals surface area contributed by atoms with Gasteiger partial charge in [0.25, 0.3) is 0 Å². The molecule has 64 valence electrons. The maximum atomic E-state index is 10.3. The average molecular weight is 156 g/mol. The highest BCUT2D eigenvalue weighted by atomic mass is 16.4. The Balaban J connectivity index is 3.54. The topological polar surface area (TPSA) is 37.3 Å². The maximum absolute atomic E-state index is 10.3. The Morgan fingerprint density at radius 1 is 1.64 bits per heavy atom. The molecule has 0 aromatic heterocycles. The molecule has 0 aromatic carbocycles. The van der Waals surface area contributed by atoms with E-state index in [0.717, 1.165) is 12.8 Å². The van der Waals surface area contributed by atoms with Gasteiger partial charge in [-0.1, -0.05) is 26.8 Å². The van der Waals surface area contributed by atoms with Crippen molar-refractivity contribution in [2.24, 2.45) is 5.92 Å². The second-order valence-electron chi connectivity index (χ2n) is 2.96. The second-order valence-corrected chi connectivity index (χ2v) is 2.96. The summed E-state index contributed by atoms with van der Waals surface area (Å²) >= 11 is 0. The lowest BCUT2D eigenvalue weighted by Gasteiger charge is -2.06. The number of carbonyl (C=O) groups is 1. The van der Waals surface area contributed by atoms with Crippen LogP contribution in [0.2, 0.25) is 0 Å². The van der Waals surface area contributed by atoms with Gasteiger partial charge in [0.05, 0.1) is 0 Å². The first-order chi connectivity index (χ1) is 5.07. The zero-order valence-electron chi connectivity index (χ0n) is 7.26. The van der Waals surface area contributed by atoms with Crippen molar-refractivity contribution in [1.29, 1.82) is 0 Å². The Hall–Kier alpha value is -0.790. The van der Waals surface area contributed by atoms with E-state index in [-0.39, 0.29) is 0 Å². The fraction of sp³-hybridized carbons (Fsp3) is 0.667. The van der Waals surface area contributed by atoms with Crippen molar-refractivity contribution < 1.29 is 9.90 Å². The average Bonchev–Trinajstić information content (AvgIpc) is 1.99. The molecule has 0 unspecified atom stereocenters. The molecule has 11 heavy (non-hydrogen) atoms. The highest BCUT2D eigenvalue weighted by Gasteiger charge is 2.05. The van der Waals surface area contributed by atoms with Crippen molar-refractivity contribution in [3.63, 3.8) is 0 Å². The van der Waals surface area contributed by atoms with Crippen LogP contribution in [0.4, 0.5) is 0 Å². The number of rotatable bonds is 5. The van der Waals surface area contributed by atoms with E-state index in [1.807, 2.05) is 0 Å². The van der Waals surface area contributed by atoms with E-state index >= 15 is 0 Å². The fourth-order valence-corrected chi connectivity index (χ4v) is 0.732. The predicted octanol–water partition coefficient (Wildman–Crippen LogP) is 2.45. The number of hydrogen-bond acceptors (Lipinski definition) is 1. The van der Waals surface area contributed by atoms with Gasteiger partial charge in [-0.3, -0.25) is 0 Å². The van der Waals surface area contributed by atoms with Gasteiger partial charge in [-0.15, -0.1) is 0 Å². The van der Waals surface area contributed by atoms with Gasteiger partial charge in [-0.25, -0.2) is 4.79 Å². The van der Waals surface area contributed by atoms with Crippen molar-refractivity contribution in [3.05, 3.63) is 12.2 Å². The molecule has 0 aliphatic rings. The Bertz CT molecular complexity index is 150. The van der Waals surface area contributed by atoms with E-state index in [2.05, 4.69) is 20.4 Å². The lowest BCUT2D eigenvalue weighted by molar-refractivity contribution is -0.132. The van der Waals surface area contributed by atoms with Crippen LogP contribution in [-0.4, -0.2) is 11.1 Å². The molecule has 0 saturated carbocycles. The van der Waals surface area contributed by atoms with Crippen molar-refractivity contribution in [2.75, 3.05) is 0 Å². The van der Waals surface area contributed by atoms with Crippen molar-refractivity contribution in [1.82, 2.24) is 0 Å². The molecular formula is C9H16O2. The first kappa shape index (κ1) is 10.2. The molecular weight excluding hydrogens is 140 g/mol. The van der Waals surface area contributed by atoms with Gasteiger partial charge >= 0.3 is 5.97 Å². The summed E-state index contributed by atoms with van der Waals surface area (Å²) in [6.07, 6.45) is 2.65. The van der Waals surface area contributed by atoms with Crippen LogP contribution in [0.25, 0.3) is 0 Å². The molecule has 0 aliphatic carbocycles. The quantitative estimate of drug-likeness (QED) is 0.621. The van der Waals surface area contributed by atoms with Gasteiger partial charge in [-0.05, 0) is 18.8 Å². The zero-order valence-corrected chi connectivity index (χ0v) is 7.26. The molecule has 0 saturated heterocycles. The Morgan fingerprint density at radius 3 is 2.55 bits per heavy atom. The summed E-state index contributed by atoms with van der Waals surface area (Å²) in [5.41, 5.74) is 0.324. The van der Waals surface area contributed by atoms with E-state index < -0.39 is 5.97 Å². The lowest BCUT2D eigenvalue weighted by atomic mass is 10.00. The van der Waals surface area contributed by atoms with Crippen LogP contribution in [0.3, 0.4) is 0 Å². The molecule has 0 heterocycles. The monoisotopic (exact) mass is 156 g/mol. The minimum atomic E-state index is -0.867. The molecule has 0 amide bonds. The third-order valence-corrected chi connectivity index (χ3v) is 1.94. The predicted molar refractivity (Wildman–Crippen MR) is 45.5 cm³/mol. The Labute approximate surface area is 67.9 Å². The lowest BCUT2D eigenvalue weighted by Crippen LogP contribution is -2.01. The number of aliphatic carboxylic acids is 1. The molecule has 0 aliphatic heterocycles. The van der Waals surface area contributed by atoms with E-state index in [9.17, 15) is 4.79 Å². The van der Waals surface area contributed by atoms with Crippen LogP contribution in [0.1, 0.15) is 33.1 Å². The van der Waals surface area contributed by atoms with Gasteiger partial charge in [0, 0.05) is 5.57 Å². The SMILES string of the molecule is C=C(CC[C@@H](C)CC)C(=O)O. The minimum Gasteiger partial charge on any atom is -0.478 e. The van der Waals surface area contributed by atoms with E-state index in [1.54, 1.807) is 0 Å². The first-order valence-electron chi connectivity index (χ1n) is 3.99. The maximum Gasteiger partial charge on any atom is 0.330 e. The number of hydrogen-bond donors (Lipinski definition) is 1. The van der Waals surface area contributed by atoms with Crippen LogP contribution < -0.4 is 0 Å². The smallest absolute Gasteiger partial charge is 0.330 e. The molecule has 1 atom stereocenters. The summed E-state index contributed by atoms with van der Waals surface area (Å²) < 4.78 is 0. The van der Waals surface area contributed by atoms with Crippen molar-refractivity contribution >= 4 is 5.97 Å². The van der Waals surface area contributed by atoms with Gasteiger partial charge in [0.2, 0.25) is 0 Å². The summed E-state index contributed by atoms with van der Waals surface area (Å²) in [6, 6.07) is 0. The summed E-state index contributed by atoms with van der Waals surface area (Å²) in [7, 11) is 0. The molecule has 2 heteroatoms. The van der Waals surface area contributed by atoms with Crippen LogP contribution in [0.5, 0.6) is 0 Å². The first-order valence-corrected chi connectivity index (χ1v) is 3.99. The molecule has 0 rings (SSSR count). The largest absolute Gasteiger partial charge is 0.478 e. The minimum absolute atomic E-state index is 0.324. The fourth-order valence-electron chi connectivity index (χ4n) is 0.732. The highest BCUT2D eigenvalue weighted by Crippen LogP contribution is 2.13. The Morgan fingerprint density at radius 2 is 2.18 bits per heavy atom. The van der Waals surface area contributed by atoms with E-state index in [0.29, 0.717) is 17.9 Å². The number of carboxylic acids is 1. The van der Waals surface area contributed by atoms with E-state index in [1.165, 1.54) is 0 Å². The van der Waals surface area contributed by atoms with Gasteiger partial charge in [0.1, 0.15) is 0 Å². The van der Waals surface area contributed by atoms with Crippen LogP contribution in [0, 0.1) is 5.92 Å². The van der Waals surface area contributed by atoms with Crippen LogP contribution in [0.15, 0.2) is 12.2 Å². The van der Waals surface area contributed by atoms with Gasteiger partial charge in [0.15, 0.2) is 0 Å². The summed E-state index contributed by atoms with van der Waals surface area (Å²) in [5, 5.41) is 8.47. The second kappa shape index (κ2) is 4.94. The third-order valence-electron chi connectivity index (χ3n) is 1.94. The molecule has 0 bridgehead atoms. The van der Waals surface area contributed by atoms with Crippen LogP contribution >= 0.6 is 0 Å². The molecule has 0 aromatic rings. The Kier molecular flexibility index (Phi) is 4.59. The zero-order chi connectivity index (χ0) is 8.85. The number of carboxylic acid groups (broad SMARTS) is 1. The van der Waals surface area contributed by atoms with Gasteiger partial charge < -0.3 is 5.11 Å². The summed E-state index contributed by atoms with van der Waals surface area (Å²) in [6.45, 7) is 7.69. The standard InChI is InChI=1S/C9H16O2/c1-4-7(2)5-6-8(3)9(10)11/h7H,3-6H2,1-2H3,(H,10,11)/t7-/m0/s1.